The van der Waals surface area contributed by atoms with Gasteiger partial charge in [-0.25, -0.2) is 4.57 Å². The normalized spacial score (nSPS) is 14.1. The first-order valence-corrected chi connectivity index (χ1v) is 31.4. The van der Waals surface area contributed by atoms with Gasteiger partial charge in [0.25, 0.3) is 0 Å². The van der Waals surface area contributed by atoms with Gasteiger partial charge in [0, 0.05) is 6.42 Å². The van der Waals surface area contributed by atoms with Crippen molar-refractivity contribution in [2.75, 3.05) is 40.9 Å². The standard InChI is InChI=1S/C60H117N2O6P/c1-6-8-10-12-14-16-18-20-22-24-26-27-28-29-30-31-32-33-34-35-36-38-40-42-44-46-48-50-52-54-60(64)61-58(57-68-69(65,66)67-56-55-62(3,4)5)59(63)53-51-49-47-45-43-41-39-37-25-23-21-19-17-15-13-11-9-7-2/h24,26,43,45,51,53,58-59,63H,6-23,25,27-42,44,46-50,52,54-57H2,1-5H3,(H-,61,64,65,66)/p+1/b26-24-,45-43+,53-51+. The first kappa shape index (κ1) is 67.7. The Morgan fingerprint density at radius 3 is 1.16 bits per heavy atom. The molecule has 1 amide bonds. The number of unbranched alkanes of at least 4 members (excludes halogenated alkanes) is 38. The summed E-state index contributed by atoms with van der Waals surface area (Å²) in [5.41, 5.74) is 0. The summed E-state index contributed by atoms with van der Waals surface area (Å²) >= 11 is 0. The zero-order chi connectivity index (χ0) is 50.6. The third kappa shape index (κ3) is 54.3. The summed E-state index contributed by atoms with van der Waals surface area (Å²) in [7, 11) is 1.56. The third-order valence-electron chi connectivity index (χ3n) is 13.6. The number of aliphatic hydroxyl groups excluding tert-OH is 1. The summed E-state index contributed by atoms with van der Waals surface area (Å²) in [6.45, 7) is 4.83. The van der Waals surface area contributed by atoms with Gasteiger partial charge < -0.3 is 19.8 Å². The van der Waals surface area contributed by atoms with E-state index >= 15 is 0 Å². The molecule has 0 saturated carbocycles. The predicted molar refractivity (Wildman–Crippen MR) is 300 cm³/mol. The molecule has 0 heterocycles. The molecule has 0 aromatic carbocycles. The lowest BCUT2D eigenvalue weighted by Gasteiger charge is -2.25. The maximum Gasteiger partial charge on any atom is 0.472 e. The monoisotopic (exact) mass is 994 g/mol. The number of quaternary nitrogens is 1. The molecule has 0 aliphatic rings. The zero-order valence-electron chi connectivity index (χ0n) is 46.6. The minimum absolute atomic E-state index is 0.0576. The van der Waals surface area contributed by atoms with E-state index in [1.165, 1.54) is 231 Å². The van der Waals surface area contributed by atoms with Gasteiger partial charge >= 0.3 is 7.82 Å². The number of hydrogen-bond donors (Lipinski definition) is 3. The lowest BCUT2D eigenvalue weighted by atomic mass is 10.0. The fourth-order valence-corrected chi connectivity index (χ4v) is 9.61. The number of carbonyl (C=O) groups is 1. The molecule has 0 fully saturated rings. The molecule has 0 radical (unpaired) electrons. The summed E-state index contributed by atoms with van der Waals surface area (Å²) in [4.78, 5) is 23.3. The van der Waals surface area contributed by atoms with Gasteiger partial charge in [0.1, 0.15) is 13.2 Å². The lowest BCUT2D eigenvalue weighted by molar-refractivity contribution is -0.870. The fraction of sp³-hybridized carbons (Fsp3) is 0.883. The van der Waals surface area contributed by atoms with Gasteiger partial charge in [0.05, 0.1) is 39.9 Å². The van der Waals surface area contributed by atoms with Crippen LogP contribution in [0.25, 0.3) is 0 Å². The van der Waals surface area contributed by atoms with Crippen molar-refractivity contribution in [1.29, 1.82) is 0 Å². The van der Waals surface area contributed by atoms with Crippen LogP contribution in [-0.4, -0.2) is 73.4 Å². The summed E-state index contributed by atoms with van der Waals surface area (Å²) in [5.74, 6) is -0.182. The molecule has 0 aromatic heterocycles. The van der Waals surface area contributed by atoms with Crippen LogP contribution in [0.4, 0.5) is 0 Å². The van der Waals surface area contributed by atoms with Crippen LogP contribution in [-0.2, 0) is 18.4 Å². The van der Waals surface area contributed by atoms with Gasteiger partial charge in [-0.15, -0.1) is 0 Å². The number of carbonyl (C=O) groups excluding carboxylic acids is 1. The Balaban J connectivity index is 4.14. The Kier molecular flexibility index (Phi) is 50.7. The highest BCUT2D eigenvalue weighted by Gasteiger charge is 2.27. The average molecular weight is 995 g/mol. The van der Waals surface area contributed by atoms with Crippen LogP contribution in [0.1, 0.15) is 290 Å². The van der Waals surface area contributed by atoms with Crippen LogP contribution in [0, 0.1) is 0 Å². The van der Waals surface area contributed by atoms with E-state index in [0.29, 0.717) is 17.4 Å². The molecular formula is C60H118N2O6P+. The Labute approximate surface area is 429 Å². The van der Waals surface area contributed by atoms with Crippen molar-refractivity contribution in [1.82, 2.24) is 5.32 Å². The van der Waals surface area contributed by atoms with E-state index < -0.39 is 20.0 Å². The van der Waals surface area contributed by atoms with Crippen molar-refractivity contribution in [3.63, 3.8) is 0 Å². The van der Waals surface area contributed by atoms with Crippen molar-refractivity contribution in [2.24, 2.45) is 0 Å². The van der Waals surface area contributed by atoms with Gasteiger partial charge in [0.15, 0.2) is 0 Å². The van der Waals surface area contributed by atoms with Gasteiger partial charge in [-0.1, -0.05) is 262 Å². The maximum absolute atomic E-state index is 13.0. The number of amides is 1. The molecule has 69 heavy (non-hydrogen) atoms. The molecule has 0 bridgehead atoms. The molecule has 0 aromatic rings. The number of nitrogens with one attached hydrogen (secondary N) is 1. The van der Waals surface area contributed by atoms with Gasteiger partial charge in [-0.05, 0) is 57.8 Å². The number of phosphoric acid groups is 1. The van der Waals surface area contributed by atoms with E-state index in [2.05, 4.69) is 43.5 Å². The number of aliphatic hydroxyl groups is 1. The molecule has 3 atom stereocenters. The number of phosphoric ester groups is 1. The minimum atomic E-state index is -4.35. The van der Waals surface area contributed by atoms with Crippen LogP contribution in [0.5, 0.6) is 0 Å². The molecule has 408 valence electrons. The Hall–Kier alpha value is -1.28. The molecule has 0 rings (SSSR count). The maximum atomic E-state index is 13.0. The molecule has 8 nitrogen and oxygen atoms in total. The van der Waals surface area contributed by atoms with Crippen LogP contribution < -0.4 is 5.32 Å². The van der Waals surface area contributed by atoms with E-state index in [4.69, 9.17) is 9.05 Å². The molecule has 9 heteroatoms. The van der Waals surface area contributed by atoms with E-state index in [1.807, 2.05) is 27.2 Å². The Bertz CT molecular complexity index is 1220. The van der Waals surface area contributed by atoms with E-state index in [0.717, 1.165) is 38.5 Å². The van der Waals surface area contributed by atoms with Gasteiger partial charge in [-0.2, -0.15) is 0 Å². The summed E-state index contributed by atoms with van der Waals surface area (Å²) < 4.78 is 23.7. The van der Waals surface area contributed by atoms with Crippen molar-refractivity contribution in [2.45, 2.75) is 302 Å². The highest BCUT2D eigenvalue weighted by molar-refractivity contribution is 7.47. The first-order valence-electron chi connectivity index (χ1n) is 29.9. The number of hydrogen-bond acceptors (Lipinski definition) is 5. The van der Waals surface area contributed by atoms with Crippen LogP contribution in [0.15, 0.2) is 36.5 Å². The van der Waals surface area contributed by atoms with Gasteiger partial charge in [0.2, 0.25) is 5.91 Å². The quantitative estimate of drug-likeness (QED) is 0.0243. The van der Waals surface area contributed by atoms with Crippen molar-refractivity contribution >= 4 is 13.7 Å². The highest BCUT2D eigenvalue weighted by atomic mass is 31.2. The average Bonchev–Trinajstić information content (AvgIpc) is 3.31. The largest absolute Gasteiger partial charge is 0.472 e. The van der Waals surface area contributed by atoms with Crippen molar-refractivity contribution < 1.29 is 32.9 Å². The smallest absolute Gasteiger partial charge is 0.387 e. The second-order valence-electron chi connectivity index (χ2n) is 21.7. The number of rotatable bonds is 55. The van der Waals surface area contributed by atoms with Crippen LogP contribution in [0.3, 0.4) is 0 Å². The number of allylic oxidation sites excluding steroid dienone is 5. The summed E-state index contributed by atoms with van der Waals surface area (Å²) in [6.07, 6.45) is 66.9. The van der Waals surface area contributed by atoms with E-state index in [-0.39, 0.29) is 19.1 Å². The molecule has 3 N–H and O–H groups in total. The SMILES string of the molecule is CCCCCCCCCC/C=C\CCCCCCCCCCCCCCCCCCCC(=O)NC(COP(=O)(O)OCC[N+](C)(C)C)C(O)/C=C/CC/C=C/CCCCCCCCCCCCCC. The molecule has 0 aliphatic carbocycles. The van der Waals surface area contributed by atoms with Crippen LogP contribution >= 0.6 is 7.82 Å². The molecule has 3 unspecified atom stereocenters. The molecular weight excluding hydrogens is 876 g/mol. The Morgan fingerprint density at radius 1 is 0.478 bits per heavy atom. The fourth-order valence-electron chi connectivity index (χ4n) is 8.88. The van der Waals surface area contributed by atoms with E-state index in [9.17, 15) is 19.4 Å². The summed E-state index contributed by atoms with van der Waals surface area (Å²) in [5, 5.41) is 13.9. The van der Waals surface area contributed by atoms with E-state index in [1.54, 1.807) is 6.08 Å². The lowest BCUT2D eigenvalue weighted by Crippen LogP contribution is -2.45. The Morgan fingerprint density at radius 2 is 0.797 bits per heavy atom. The van der Waals surface area contributed by atoms with Crippen molar-refractivity contribution in [3.05, 3.63) is 36.5 Å². The number of likely N-dealkylation sites (N-methyl/N-ethyl adjacent to an activating group) is 1. The molecule has 0 aliphatic heterocycles. The number of nitrogens with zero attached hydrogens (tertiary/aromatic N) is 1. The molecule has 0 spiro atoms. The topological polar surface area (TPSA) is 105 Å². The minimum Gasteiger partial charge on any atom is -0.387 e. The predicted octanol–water partition coefficient (Wildman–Crippen LogP) is 18.2. The third-order valence-corrected chi connectivity index (χ3v) is 14.6. The second kappa shape index (κ2) is 51.6. The van der Waals surface area contributed by atoms with Gasteiger partial charge in [-0.3, -0.25) is 13.8 Å². The zero-order valence-corrected chi connectivity index (χ0v) is 47.5. The van der Waals surface area contributed by atoms with Crippen LogP contribution in [0.2, 0.25) is 0 Å². The first-order chi connectivity index (χ1) is 33.5. The highest BCUT2D eigenvalue weighted by Crippen LogP contribution is 2.43. The second-order valence-corrected chi connectivity index (χ2v) is 23.2. The van der Waals surface area contributed by atoms with Crippen molar-refractivity contribution in [3.8, 4) is 0 Å². The molecule has 0 saturated heterocycles. The summed E-state index contributed by atoms with van der Waals surface area (Å²) in [6, 6.07) is -0.862.